The first-order valence-corrected chi connectivity index (χ1v) is 11.0. The third-order valence-corrected chi connectivity index (χ3v) is 6.15. The number of hydrogen-bond acceptors (Lipinski definition) is 5. The summed E-state index contributed by atoms with van der Waals surface area (Å²) in [6.07, 6.45) is 4.40. The summed E-state index contributed by atoms with van der Waals surface area (Å²) >= 11 is 6.01. The second-order valence-electron chi connectivity index (χ2n) is 9.30. The third-order valence-electron chi connectivity index (χ3n) is 5.90. The van der Waals surface area contributed by atoms with E-state index >= 15 is 0 Å². The number of benzene rings is 1. The highest BCUT2D eigenvalue weighted by atomic mass is 35.5. The van der Waals surface area contributed by atoms with Crippen molar-refractivity contribution in [2.75, 3.05) is 13.1 Å². The number of carbonyl (C=O) groups is 2. The van der Waals surface area contributed by atoms with Crippen molar-refractivity contribution in [2.45, 2.75) is 39.3 Å². The lowest BCUT2D eigenvalue weighted by atomic mass is 9.88. The summed E-state index contributed by atoms with van der Waals surface area (Å²) in [5.74, 6) is 1.44. The largest absolute Gasteiger partial charge is 0.483 e. The number of carbonyl (C=O) groups excluding carboxylic acids is 2. The van der Waals surface area contributed by atoms with Gasteiger partial charge in [-0.25, -0.2) is 0 Å². The van der Waals surface area contributed by atoms with Crippen LogP contribution in [0.25, 0.3) is 5.76 Å². The summed E-state index contributed by atoms with van der Waals surface area (Å²) in [6.45, 7) is 14.8. The number of nitrogens with zero attached hydrogens (tertiary/aromatic N) is 2. The minimum atomic E-state index is -0.344. The van der Waals surface area contributed by atoms with Gasteiger partial charge in [-0.1, -0.05) is 38.6 Å². The van der Waals surface area contributed by atoms with E-state index in [0.717, 1.165) is 28.5 Å². The summed E-state index contributed by atoms with van der Waals surface area (Å²) in [4.78, 5) is 27.6. The summed E-state index contributed by atoms with van der Waals surface area (Å²) in [7, 11) is 0. The van der Waals surface area contributed by atoms with E-state index in [0.29, 0.717) is 18.0 Å². The molecule has 1 amide bonds. The van der Waals surface area contributed by atoms with Gasteiger partial charge in [0.1, 0.15) is 23.5 Å². The summed E-state index contributed by atoms with van der Waals surface area (Å²) in [5.41, 5.74) is 2.49. The number of nitrogens with one attached hydrogen (secondary N) is 1. The Morgan fingerprint density at radius 2 is 1.88 bits per heavy atom. The molecule has 2 atom stereocenters. The molecule has 2 unspecified atom stereocenters. The molecular formula is C25H28ClN3O3. The van der Waals surface area contributed by atoms with E-state index in [9.17, 15) is 9.59 Å². The molecule has 4 rings (SSSR count). The SMILES string of the molecule is C=C1C2=CC3OC(c4ccc(Cl)cc4)=CC3N2C(=C)N1CC(C)(C)CC(=O)NCC(C)=O. The standard InChI is InChI=1S/C25H28ClN3O3/c1-15(30)13-27-24(31)12-25(4,5)14-28-16(2)20-10-23-21(29(20)17(28)3)11-22(32-23)18-6-8-19(26)9-7-18/h6-11,21,23H,2-3,12-14H2,1,4-5H3,(H,27,31). The van der Waals surface area contributed by atoms with E-state index in [4.69, 9.17) is 16.3 Å². The quantitative estimate of drug-likeness (QED) is 0.674. The Morgan fingerprint density at radius 1 is 1.19 bits per heavy atom. The molecule has 7 heteroatoms. The van der Waals surface area contributed by atoms with Crippen molar-refractivity contribution < 1.29 is 14.3 Å². The fourth-order valence-corrected chi connectivity index (χ4v) is 4.52. The Balaban J connectivity index is 1.46. The first-order chi connectivity index (χ1) is 15.1. The van der Waals surface area contributed by atoms with Crippen LogP contribution in [0.15, 0.2) is 66.8 Å². The number of halogens is 1. The fraction of sp³-hybridized carbons (Fsp3) is 0.360. The van der Waals surface area contributed by atoms with Gasteiger partial charge in [0.25, 0.3) is 0 Å². The number of ketones is 1. The van der Waals surface area contributed by atoms with Gasteiger partial charge in [0.05, 0.1) is 24.0 Å². The second kappa shape index (κ2) is 8.17. The van der Waals surface area contributed by atoms with Gasteiger partial charge < -0.3 is 19.9 Å². The van der Waals surface area contributed by atoms with Crippen LogP contribution in [0.5, 0.6) is 0 Å². The van der Waals surface area contributed by atoms with Gasteiger partial charge in [-0.2, -0.15) is 0 Å². The third kappa shape index (κ3) is 4.19. The van der Waals surface area contributed by atoms with E-state index in [-0.39, 0.29) is 35.8 Å². The zero-order valence-corrected chi connectivity index (χ0v) is 19.4. The Bertz CT molecular complexity index is 1050. The van der Waals surface area contributed by atoms with Gasteiger partial charge >= 0.3 is 0 Å². The predicted molar refractivity (Wildman–Crippen MR) is 125 cm³/mol. The maximum absolute atomic E-state index is 12.3. The molecule has 3 aliphatic heterocycles. The van der Waals surface area contributed by atoms with Gasteiger partial charge in [0.15, 0.2) is 0 Å². The highest BCUT2D eigenvalue weighted by Crippen LogP contribution is 2.47. The lowest BCUT2D eigenvalue weighted by Gasteiger charge is -2.33. The number of Topliss-reactive ketones (excluding diaryl/α,β-unsaturated/α-hetero) is 1. The molecule has 0 spiro atoms. The van der Waals surface area contributed by atoms with Crippen LogP contribution in [0.4, 0.5) is 0 Å². The molecule has 168 valence electrons. The summed E-state index contributed by atoms with van der Waals surface area (Å²) in [6, 6.07) is 7.60. The molecule has 3 aliphatic rings. The lowest BCUT2D eigenvalue weighted by Crippen LogP contribution is -2.38. The molecule has 1 saturated heterocycles. The molecule has 0 bridgehead atoms. The molecule has 1 aromatic carbocycles. The molecule has 0 radical (unpaired) electrons. The number of rotatable bonds is 7. The Morgan fingerprint density at radius 3 is 2.53 bits per heavy atom. The van der Waals surface area contributed by atoms with Crippen molar-refractivity contribution in [1.82, 2.24) is 15.1 Å². The van der Waals surface area contributed by atoms with Crippen molar-refractivity contribution in [2.24, 2.45) is 5.41 Å². The summed E-state index contributed by atoms with van der Waals surface area (Å²) in [5, 5.41) is 3.36. The molecule has 0 aliphatic carbocycles. The van der Waals surface area contributed by atoms with Gasteiger partial charge in [-0.05, 0) is 48.8 Å². The molecular weight excluding hydrogens is 426 g/mol. The van der Waals surface area contributed by atoms with Gasteiger partial charge in [-0.15, -0.1) is 0 Å². The van der Waals surface area contributed by atoms with Crippen LogP contribution in [0.1, 0.15) is 32.8 Å². The second-order valence-corrected chi connectivity index (χ2v) is 9.74. The van der Waals surface area contributed by atoms with E-state index in [1.54, 1.807) is 0 Å². The predicted octanol–water partition coefficient (Wildman–Crippen LogP) is 4.07. The van der Waals surface area contributed by atoms with E-state index in [1.165, 1.54) is 6.92 Å². The van der Waals surface area contributed by atoms with Crippen molar-refractivity contribution in [3.63, 3.8) is 0 Å². The van der Waals surface area contributed by atoms with Crippen LogP contribution in [0.2, 0.25) is 5.02 Å². The Hall–Kier alpha value is -2.99. The molecule has 32 heavy (non-hydrogen) atoms. The number of fused-ring (bicyclic) bond motifs is 3. The molecule has 0 saturated carbocycles. The van der Waals surface area contributed by atoms with Crippen LogP contribution in [0.3, 0.4) is 0 Å². The molecule has 1 fully saturated rings. The first-order valence-electron chi connectivity index (χ1n) is 10.6. The average Bonchev–Trinajstić information content (AvgIpc) is 3.33. The molecule has 6 nitrogen and oxygen atoms in total. The molecule has 1 aromatic rings. The average molecular weight is 454 g/mol. The smallest absolute Gasteiger partial charge is 0.220 e. The topological polar surface area (TPSA) is 61.9 Å². The van der Waals surface area contributed by atoms with Crippen LogP contribution < -0.4 is 5.32 Å². The summed E-state index contributed by atoms with van der Waals surface area (Å²) < 4.78 is 6.20. The fourth-order valence-electron chi connectivity index (χ4n) is 4.40. The highest BCUT2D eigenvalue weighted by molar-refractivity contribution is 6.30. The molecule has 1 N–H and O–H groups in total. The minimum absolute atomic E-state index is 0.00639. The number of hydrogen-bond donors (Lipinski definition) is 1. The minimum Gasteiger partial charge on any atom is -0.483 e. The molecule has 3 heterocycles. The van der Waals surface area contributed by atoms with Crippen LogP contribution >= 0.6 is 11.6 Å². The van der Waals surface area contributed by atoms with Crippen molar-refractivity contribution >= 4 is 29.1 Å². The van der Waals surface area contributed by atoms with Crippen LogP contribution in [-0.4, -0.2) is 46.7 Å². The zero-order chi connectivity index (χ0) is 23.2. The molecule has 0 aromatic heterocycles. The Kier molecular flexibility index (Phi) is 5.67. The van der Waals surface area contributed by atoms with Crippen molar-refractivity contribution in [3.05, 3.63) is 77.4 Å². The van der Waals surface area contributed by atoms with E-state index < -0.39 is 0 Å². The van der Waals surface area contributed by atoms with E-state index in [1.807, 2.05) is 38.1 Å². The zero-order valence-electron chi connectivity index (χ0n) is 18.7. The van der Waals surface area contributed by atoms with Gasteiger partial charge in [0, 0.05) is 23.6 Å². The Labute approximate surface area is 193 Å². The van der Waals surface area contributed by atoms with Gasteiger partial charge in [0.2, 0.25) is 5.91 Å². The van der Waals surface area contributed by atoms with Crippen LogP contribution in [-0.2, 0) is 14.3 Å². The first kappa shape index (κ1) is 22.2. The number of amides is 1. The maximum atomic E-state index is 12.3. The maximum Gasteiger partial charge on any atom is 0.220 e. The van der Waals surface area contributed by atoms with Crippen LogP contribution in [0, 0.1) is 5.41 Å². The monoisotopic (exact) mass is 453 g/mol. The number of ether oxygens (including phenoxy) is 1. The normalized spacial score (nSPS) is 21.8. The highest BCUT2D eigenvalue weighted by Gasteiger charge is 2.48. The lowest BCUT2D eigenvalue weighted by molar-refractivity contribution is -0.126. The van der Waals surface area contributed by atoms with Crippen molar-refractivity contribution in [1.29, 1.82) is 0 Å². The van der Waals surface area contributed by atoms with Gasteiger partial charge in [-0.3, -0.25) is 9.59 Å². The van der Waals surface area contributed by atoms with E-state index in [2.05, 4.69) is 40.4 Å². The van der Waals surface area contributed by atoms with Crippen molar-refractivity contribution in [3.8, 4) is 0 Å².